The Hall–Kier alpha value is -1.62. The number of amides is 1. The van der Waals surface area contributed by atoms with E-state index in [0.29, 0.717) is 12.1 Å². The number of ether oxygens (including phenoxy) is 1. The van der Waals surface area contributed by atoms with Gasteiger partial charge in [-0.2, -0.15) is 0 Å². The van der Waals surface area contributed by atoms with E-state index in [1.807, 2.05) is 32.9 Å². The number of alkyl carbamates (subject to hydrolysis) is 1. The average molecular weight is 340 g/mol. The SMILES string of the molecule is CC(C)(C)OC(=O)NCC=Cc1cccc(C=O)c1Br. The predicted molar refractivity (Wildman–Crippen MR) is 82.8 cm³/mol. The highest BCUT2D eigenvalue weighted by molar-refractivity contribution is 9.10. The fourth-order valence-corrected chi connectivity index (χ4v) is 1.92. The van der Waals surface area contributed by atoms with Crippen LogP contribution in [0.4, 0.5) is 4.79 Å². The minimum atomic E-state index is -0.505. The Morgan fingerprint density at radius 3 is 2.60 bits per heavy atom. The van der Waals surface area contributed by atoms with Crippen molar-refractivity contribution >= 4 is 34.4 Å². The average Bonchev–Trinajstić information content (AvgIpc) is 2.34. The first kappa shape index (κ1) is 16.4. The van der Waals surface area contributed by atoms with Gasteiger partial charge in [-0.3, -0.25) is 4.79 Å². The molecule has 0 fully saturated rings. The van der Waals surface area contributed by atoms with Gasteiger partial charge in [0.05, 0.1) is 0 Å². The lowest BCUT2D eigenvalue weighted by atomic mass is 10.1. The first-order chi connectivity index (χ1) is 9.33. The van der Waals surface area contributed by atoms with Crippen molar-refractivity contribution in [1.29, 1.82) is 0 Å². The van der Waals surface area contributed by atoms with Crippen LogP contribution in [0.1, 0.15) is 36.7 Å². The number of nitrogens with one attached hydrogen (secondary N) is 1. The maximum atomic E-state index is 11.4. The molecule has 0 spiro atoms. The largest absolute Gasteiger partial charge is 0.444 e. The summed E-state index contributed by atoms with van der Waals surface area (Å²) in [5.41, 5.74) is 0.961. The summed E-state index contributed by atoms with van der Waals surface area (Å²) in [6.45, 7) is 5.78. The highest BCUT2D eigenvalue weighted by Gasteiger charge is 2.14. The molecule has 0 saturated carbocycles. The van der Waals surface area contributed by atoms with Gasteiger partial charge in [0.1, 0.15) is 5.60 Å². The third-order valence-corrected chi connectivity index (χ3v) is 3.16. The third kappa shape index (κ3) is 5.57. The molecular weight excluding hydrogens is 322 g/mol. The van der Waals surface area contributed by atoms with Gasteiger partial charge in [-0.05, 0) is 42.3 Å². The van der Waals surface area contributed by atoms with Crippen LogP contribution in [-0.4, -0.2) is 24.5 Å². The van der Waals surface area contributed by atoms with Crippen molar-refractivity contribution in [2.45, 2.75) is 26.4 Å². The molecule has 1 aromatic carbocycles. The lowest BCUT2D eigenvalue weighted by Crippen LogP contribution is -2.32. The van der Waals surface area contributed by atoms with E-state index >= 15 is 0 Å². The Morgan fingerprint density at radius 1 is 1.35 bits per heavy atom. The summed E-state index contributed by atoms with van der Waals surface area (Å²) in [6.07, 6.45) is 3.95. The summed E-state index contributed by atoms with van der Waals surface area (Å²) in [5, 5.41) is 2.62. The molecule has 4 nitrogen and oxygen atoms in total. The minimum absolute atomic E-state index is 0.354. The fourth-order valence-electron chi connectivity index (χ4n) is 1.43. The highest BCUT2D eigenvalue weighted by atomic mass is 79.9. The molecule has 0 atom stereocenters. The second kappa shape index (κ2) is 7.24. The molecule has 1 N–H and O–H groups in total. The van der Waals surface area contributed by atoms with Gasteiger partial charge in [-0.25, -0.2) is 4.79 Å². The number of halogens is 1. The third-order valence-electron chi connectivity index (χ3n) is 2.25. The van der Waals surface area contributed by atoms with Gasteiger partial charge in [0.15, 0.2) is 6.29 Å². The molecule has 5 heteroatoms. The molecule has 0 bridgehead atoms. The molecule has 0 aliphatic carbocycles. The van der Waals surface area contributed by atoms with Gasteiger partial charge in [0.25, 0.3) is 0 Å². The lowest BCUT2D eigenvalue weighted by molar-refractivity contribution is 0.0534. The predicted octanol–water partition coefficient (Wildman–Crippen LogP) is 3.80. The van der Waals surface area contributed by atoms with Gasteiger partial charge in [0, 0.05) is 16.6 Å². The van der Waals surface area contributed by atoms with Crippen LogP contribution in [0.5, 0.6) is 0 Å². The zero-order chi connectivity index (χ0) is 15.2. The van der Waals surface area contributed by atoms with E-state index < -0.39 is 11.7 Å². The van der Waals surface area contributed by atoms with Crippen molar-refractivity contribution < 1.29 is 14.3 Å². The van der Waals surface area contributed by atoms with Crippen LogP contribution in [0.25, 0.3) is 6.08 Å². The van der Waals surface area contributed by atoms with E-state index in [-0.39, 0.29) is 0 Å². The summed E-state index contributed by atoms with van der Waals surface area (Å²) >= 11 is 3.37. The van der Waals surface area contributed by atoms with Crippen molar-refractivity contribution in [3.05, 3.63) is 39.9 Å². The van der Waals surface area contributed by atoms with Crippen LogP contribution < -0.4 is 5.32 Å². The Balaban J connectivity index is 2.54. The van der Waals surface area contributed by atoms with Crippen molar-refractivity contribution in [2.24, 2.45) is 0 Å². The summed E-state index contributed by atoms with van der Waals surface area (Å²) < 4.78 is 5.85. The van der Waals surface area contributed by atoms with Crippen molar-refractivity contribution in [3.63, 3.8) is 0 Å². The van der Waals surface area contributed by atoms with Crippen LogP contribution >= 0.6 is 15.9 Å². The van der Waals surface area contributed by atoms with E-state index in [9.17, 15) is 9.59 Å². The zero-order valence-corrected chi connectivity index (χ0v) is 13.4. The summed E-state index contributed by atoms with van der Waals surface area (Å²) in [7, 11) is 0. The molecule has 20 heavy (non-hydrogen) atoms. The van der Waals surface area contributed by atoms with Gasteiger partial charge >= 0.3 is 6.09 Å². The zero-order valence-electron chi connectivity index (χ0n) is 11.8. The van der Waals surface area contributed by atoms with Crippen molar-refractivity contribution in [2.75, 3.05) is 6.54 Å². The Bertz CT molecular complexity index is 518. The molecule has 0 heterocycles. The standard InChI is InChI=1S/C15H18BrNO3/c1-15(2,3)20-14(19)17-9-5-8-11-6-4-7-12(10-18)13(11)16/h4-8,10H,9H2,1-3H3,(H,17,19). The molecule has 108 valence electrons. The minimum Gasteiger partial charge on any atom is -0.444 e. The molecule has 1 rings (SSSR count). The number of carbonyl (C=O) groups excluding carboxylic acids is 2. The second-order valence-corrected chi connectivity index (χ2v) is 5.95. The van der Waals surface area contributed by atoms with Gasteiger partial charge < -0.3 is 10.1 Å². The number of aldehydes is 1. The highest BCUT2D eigenvalue weighted by Crippen LogP contribution is 2.21. The molecule has 0 aliphatic rings. The maximum Gasteiger partial charge on any atom is 0.407 e. The molecule has 1 aromatic rings. The summed E-state index contributed by atoms with van der Waals surface area (Å²) in [4.78, 5) is 22.2. The number of hydrogen-bond acceptors (Lipinski definition) is 3. The Kier molecular flexibility index (Phi) is 5.95. The quantitative estimate of drug-likeness (QED) is 0.849. The molecule has 0 unspecified atom stereocenters. The van der Waals surface area contributed by atoms with Gasteiger partial charge in [-0.15, -0.1) is 0 Å². The van der Waals surface area contributed by atoms with E-state index in [1.165, 1.54) is 0 Å². The van der Waals surface area contributed by atoms with Crippen molar-refractivity contribution in [1.82, 2.24) is 5.32 Å². The number of benzene rings is 1. The van der Waals surface area contributed by atoms with E-state index in [2.05, 4.69) is 21.2 Å². The van der Waals surface area contributed by atoms with E-state index in [1.54, 1.807) is 18.2 Å². The van der Waals surface area contributed by atoms with Crippen LogP contribution in [-0.2, 0) is 4.74 Å². The van der Waals surface area contributed by atoms with Gasteiger partial charge in [0.2, 0.25) is 0 Å². The molecule has 0 radical (unpaired) electrons. The normalized spacial score (nSPS) is 11.4. The van der Waals surface area contributed by atoms with Crippen LogP contribution in [0.2, 0.25) is 0 Å². The topological polar surface area (TPSA) is 55.4 Å². The molecule has 0 aliphatic heterocycles. The molecule has 0 aromatic heterocycles. The van der Waals surface area contributed by atoms with E-state index in [0.717, 1.165) is 16.3 Å². The summed E-state index contributed by atoms with van der Waals surface area (Å²) in [6, 6.07) is 5.41. The van der Waals surface area contributed by atoms with E-state index in [4.69, 9.17) is 4.74 Å². The number of hydrogen-bond donors (Lipinski definition) is 1. The molecular formula is C15H18BrNO3. The number of rotatable bonds is 4. The number of carbonyl (C=O) groups is 2. The fraction of sp³-hybridized carbons (Fsp3) is 0.333. The van der Waals surface area contributed by atoms with Crippen LogP contribution in [0, 0.1) is 0 Å². The lowest BCUT2D eigenvalue weighted by Gasteiger charge is -2.19. The Labute approximate surface area is 127 Å². The first-order valence-corrected chi connectivity index (χ1v) is 7.00. The molecule has 1 amide bonds. The smallest absolute Gasteiger partial charge is 0.407 e. The van der Waals surface area contributed by atoms with Crippen LogP contribution in [0.3, 0.4) is 0 Å². The second-order valence-electron chi connectivity index (χ2n) is 5.15. The monoisotopic (exact) mass is 339 g/mol. The van der Waals surface area contributed by atoms with Crippen molar-refractivity contribution in [3.8, 4) is 0 Å². The Morgan fingerprint density at radius 2 is 2.00 bits per heavy atom. The summed E-state index contributed by atoms with van der Waals surface area (Å²) in [5.74, 6) is 0. The van der Waals surface area contributed by atoms with Gasteiger partial charge in [-0.1, -0.05) is 30.4 Å². The first-order valence-electron chi connectivity index (χ1n) is 6.20. The maximum absolute atomic E-state index is 11.4. The molecule has 0 saturated heterocycles. The van der Waals surface area contributed by atoms with Crippen LogP contribution in [0.15, 0.2) is 28.7 Å².